The van der Waals surface area contributed by atoms with Crippen LogP contribution in [0.1, 0.15) is 5.56 Å². The molecule has 0 bridgehead atoms. The van der Waals surface area contributed by atoms with E-state index in [2.05, 4.69) is 31.9 Å². The summed E-state index contributed by atoms with van der Waals surface area (Å²) in [5, 5.41) is 0.603. The molecule has 0 spiro atoms. The van der Waals surface area contributed by atoms with Crippen molar-refractivity contribution in [3.05, 3.63) is 62.0 Å². The van der Waals surface area contributed by atoms with Gasteiger partial charge in [-0.1, -0.05) is 61.7 Å². The van der Waals surface area contributed by atoms with Gasteiger partial charge in [0, 0.05) is 14.5 Å². The van der Waals surface area contributed by atoms with E-state index >= 15 is 0 Å². The minimum absolute atomic E-state index is 0.489. The highest BCUT2D eigenvalue weighted by Crippen LogP contribution is 2.29. The zero-order chi connectivity index (χ0) is 12.3. The van der Waals surface area contributed by atoms with Crippen molar-refractivity contribution in [2.45, 2.75) is 6.61 Å². The molecule has 2 rings (SSSR count). The topological polar surface area (TPSA) is 9.23 Å². The van der Waals surface area contributed by atoms with Crippen LogP contribution >= 0.6 is 43.5 Å². The van der Waals surface area contributed by atoms with Crippen LogP contribution in [0.2, 0.25) is 5.02 Å². The predicted octanol–water partition coefficient (Wildman–Crippen LogP) is 5.44. The largest absolute Gasteiger partial charge is 0.487 e. The highest BCUT2D eigenvalue weighted by Gasteiger charge is 2.04. The first-order valence-corrected chi connectivity index (χ1v) is 6.94. The molecule has 0 radical (unpaired) electrons. The molecule has 0 saturated heterocycles. The van der Waals surface area contributed by atoms with Gasteiger partial charge in [-0.3, -0.25) is 0 Å². The molecule has 0 N–H and O–H groups in total. The van der Waals surface area contributed by atoms with Gasteiger partial charge in [-0.05, 0) is 24.3 Å². The summed E-state index contributed by atoms with van der Waals surface area (Å²) in [5.41, 5.74) is 1.09. The van der Waals surface area contributed by atoms with Crippen molar-refractivity contribution in [1.29, 1.82) is 0 Å². The van der Waals surface area contributed by atoms with E-state index < -0.39 is 0 Å². The van der Waals surface area contributed by atoms with Gasteiger partial charge >= 0.3 is 0 Å². The summed E-state index contributed by atoms with van der Waals surface area (Å²) in [6.07, 6.45) is 0. The predicted molar refractivity (Wildman–Crippen MR) is 77.6 cm³/mol. The number of ether oxygens (including phenoxy) is 1. The van der Waals surface area contributed by atoms with Gasteiger partial charge in [0.2, 0.25) is 0 Å². The van der Waals surface area contributed by atoms with Gasteiger partial charge in [-0.15, -0.1) is 0 Å². The average Bonchev–Trinajstić information content (AvgIpc) is 2.30. The number of rotatable bonds is 3. The Morgan fingerprint density at radius 1 is 1.06 bits per heavy atom. The molecule has 0 atom stereocenters. The van der Waals surface area contributed by atoms with E-state index in [4.69, 9.17) is 16.3 Å². The fourth-order valence-electron chi connectivity index (χ4n) is 1.36. The number of hydrogen-bond acceptors (Lipinski definition) is 1. The third kappa shape index (κ3) is 3.47. The molecule has 0 fully saturated rings. The van der Waals surface area contributed by atoms with Crippen LogP contribution in [-0.2, 0) is 6.61 Å². The Hall–Kier alpha value is -0.510. The van der Waals surface area contributed by atoms with E-state index in [1.165, 1.54) is 0 Å². The summed E-state index contributed by atoms with van der Waals surface area (Å²) in [7, 11) is 0. The molecule has 0 saturated carbocycles. The van der Waals surface area contributed by atoms with E-state index in [0.29, 0.717) is 17.4 Å². The van der Waals surface area contributed by atoms with Crippen LogP contribution in [0.25, 0.3) is 0 Å². The second-order valence-electron chi connectivity index (χ2n) is 3.45. The van der Waals surface area contributed by atoms with Crippen molar-refractivity contribution in [1.82, 2.24) is 0 Å². The third-order valence-corrected chi connectivity index (χ3v) is 3.80. The van der Waals surface area contributed by atoms with Crippen LogP contribution in [0.5, 0.6) is 5.75 Å². The molecule has 0 aliphatic heterocycles. The molecular formula is C13H9Br2ClO. The summed E-state index contributed by atoms with van der Waals surface area (Å²) in [4.78, 5) is 0. The van der Waals surface area contributed by atoms with Crippen LogP contribution in [0.15, 0.2) is 51.4 Å². The zero-order valence-corrected chi connectivity index (χ0v) is 12.7. The Bertz CT molecular complexity index is 529. The minimum atomic E-state index is 0.489. The van der Waals surface area contributed by atoms with Crippen LogP contribution in [-0.4, -0.2) is 0 Å². The lowest BCUT2D eigenvalue weighted by molar-refractivity contribution is 0.305. The fourth-order valence-corrected chi connectivity index (χ4v) is 2.49. The lowest BCUT2D eigenvalue weighted by Gasteiger charge is -2.09. The third-order valence-electron chi connectivity index (χ3n) is 2.23. The van der Waals surface area contributed by atoms with Gasteiger partial charge in [0.15, 0.2) is 0 Å². The van der Waals surface area contributed by atoms with Gasteiger partial charge in [-0.25, -0.2) is 0 Å². The van der Waals surface area contributed by atoms with E-state index in [1.807, 2.05) is 42.5 Å². The first-order chi connectivity index (χ1) is 8.16. The Balaban J connectivity index is 2.10. The molecule has 2 aromatic rings. The van der Waals surface area contributed by atoms with Crippen molar-refractivity contribution in [3.63, 3.8) is 0 Å². The minimum Gasteiger partial charge on any atom is -0.487 e. The first kappa shape index (κ1) is 12.9. The molecule has 1 nitrogen and oxygen atoms in total. The van der Waals surface area contributed by atoms with Crippen molar-refractivity contribution in [2.24, 2.45) is 0 Å². The summed E-state index contributed by atoms with van der Waals surface area (Å²) >= 11 is 12.9. The number of hydrogen-bond donors (Lipinski definition) is 0. The Morgan fingerprint density at radius 3 is 2.53 bits per heavy atom. The number of halogens is 3. The van der Waals surface area contributed by atoms with Gasteiger partial charge in [0.1, 0.15) is 12.4 Å². The summed E-state index contributed by atoms with van der Waals surface area (Å²) < 4.78 is 7.65. The maximum atomic E-state index is 6.07. The standard InChI is InChI=1S/C13H9Br2ClO/c14-10-5-6-13(12(16)7-10)17-8-9-3-1-2-4-11(9)15/h1-7H,8H2. The van der Waals surface area contributed by atoms with E-state index in [0.717, 1.165) is 14.5 Å². The van der Waals surface area contributed by atoms with Crippen LogP contribution in [0, 0.1) is 0 Å². The molecule has 0 heterocycles. The molecule has 0 aliphatic carbocycles. The molecule has 17 heavy (non-hydrogen) atoms. The Kier molecular flexibility index (Phi) is 4.48. The van der Waals surface area contributed by atoms with Crippen LogP contribution < -0.4 is 4.74 Å². The lowest BCUT2D eigenvalue weighted by Crippen LogP contribution is -1.96. The van der Waals surface area contributed by atoms with E-state index in [9.17, 15) is 0 Å². The molecule has 0 aliphatic rings. The summed E-state index contributed by atoms with van der Waals surface area (Å²) in [6.45, 7) is 0.489. The summed E-state index contributed by atoms with van der Waals surface area (Å²) in [6, 6.07) is 13.5. The van der Waals surface area contributed by atoms with Gasteiger partial charge in [-0.2, -0.15) is 0 Å². The van der Waals surface area contributed by atoms with Crippen LogP contribution in [0.4, 0.5) is 0 Å². The maximum Gasteiger partial charge on any atom is 0.138 e. The molecule has 4 heteroatoms. The number of benzene rings is 2. The van der Waals surface area contributed by atoms with Gasteiger partial charge < -0.3 is 4.74 Å². The monoisotopic (exact) mass is 374 g/mol. The molecule has 0 aromatic heterocycles. The van der Waals surface area contributed by atoms with Gasteiger partial charge in [0.25, 0.3) is 0 Å². The quantitative estimate of drug-likeness (QED) is 0.693. The normalized spacial score (nSPS) is 10.3. The van der Waals surface area contributed by atoms with Crippen molar-refractivity contribution >= 4 is 43.5 Å². The van der Waals surface area contributed by atoms with Gasteiger partial charge in [0.05, 0.1) is 5.02 Å². The van der Waals surface area contributed by atoms with E-state index in [1.54, 1.807) is 0 Å². The average molecular weight is 376 g/mol. The maximum absolute atomic E-state index is 6.07. The first-order valence-electron chi connectivity index (χ1n) is 4.98. The fraction of sp³-hybridized carbons (Fsp3) is 0.0769. The van der Waals surface area contributed by atoms with Crippen molar-refractivity contribution < 1.29 is 4.74 Å². The SMILES string of the molecule is Clc1cc(Br)ccc1OCc1ccccc1Br. The summed E-state index contributed by atoms with van der Waals surface area (Å²) in [5.74, 6) is 0.686. The second-order valence-corrected chi connectivity index (χ2v) is 5.63. The second kappa shape index (κ2) is 5.89. The molecule has 0 amide bonds. The lowest BCUT2D eigenvalue weighted by atomic mass is 10.2. The van der Waals surface area contributed by atoms with Crippen LogP contribution in [0.3, 0.4) is 0 Å². The zero-order valence-electron chi connectivity index (χ0n) is 8.79. The highest BCUT2D eigenvalue weighted by atomic mass is 79.9. The van der Waals surface area contributed by atoms with Crippen molar-refractivity contribution in [3.8, 4) is 5.75 Å². The Labute approximate surface area is 122 Å². The highest BCUT2D eigenvalue weighted by molar-refractivity contribution is 9.10. The smallest absolute Gasteiger partial charge is 0.138 e. The molecular weight excluding hydrogens is 367 g/mol. The van der Waals surface area contributed by atoms with E-state index in [-0.39, 0.29) is 0 Å². The molecule has 0 unspecified atom stereocenters. The van der Waals surface area contributed by atoms with Crippen molar-refractivity contribution in [2.75, 3.05) is 0 Å². The molecule has 2 aromatic carbocycles. The molecule has 88 valence electrons. The Morgan fingerprint density at radius 2 is 1.82 bits per heavy atom.